The second kappa shape index (κ2) is 6.39. The summed E-state index contributed by atoms with van der Waals surface area (Å²) in [5, 5.41) is 5.15. The van der Waals surface area contributed by atoms with E-state index in [9.17, 15) is 22.8 Å². The van der Waals surface area contributed by atoms with Crippen molar-refractivity contribution in [2.45, 2.75) is 42.4 Å². The third kappa shape index (κ3) is 3.33. The molecule has 2 aliphatic rings. The number of carbonyl (C=O) groups is 2. The first kappa shape index (κ1) is 18.4. The van der Waals surface area contributed by atoms with Gasteiger partial charge in [-0.2, -0.15) is 13.2 Å². The minimum absolute atomic E-state index is 0.122. The van der Waals surface area contributed by atoms with E-state index in [0.29, 0.717) is 10.6 Å². The van der Waals surface area contributed by atoms with Gasteiger partial charge in [0.25, 0.3) is 0 Å². The first-order valence-corrected chi connectivity index (χ1v) is 9.28. The molecule has 2 fully saturated rings. The van der Waals surface area contributed by atoms with Crippen molar-refractivity contribution < 1.29 is 22.8 Å². The zero-order chi connectivity index (χ0) is 18.4. The summed E-state index contributed by atoms with van der Waals surface area (Å²) < 4.78 is 39.6. The molecule has 1 aliphatic carbocycles. The van der Waals surface area contributed by atoms with Gasteiger partial charge in [-0.1, -0.05) is 11.6 Å². The fourth-order valence-electron chi connectivity index (χ4n) is 3.09. The minimum atomic E-state index is -4.52. The van der Waals surface area contributed by atoms with Gasteiger partial charge < -0.3 is 10.6 Å². The number of benzene rings is 1. The van der Waals surface area contributed by atoms with Gasteiger partial charge >= 0.3 is 6.18 Å². The molecule has 2 amide bonds. The average Bonchev–Trinajstić information content (AvgIpc) is 3.34. The lowest BCUT2D eigenvalue weighted by molar-refractivity contribution is -0.199. The van der Waals surface area contributed by atoms with Crippen LogP contribution in [-0.2, 0) is 16.0 Å². The molecule has 3 rings (SSSR count). The average molecular weight is 393 g/mol. The van der Waals surface area contributed by atoms with E-state index >= 15 is 0 Å². The number of rotatable bonds is 4. The van der Waals surface area contributed by atoms with Gasteiger partial charge in [-0.3, -0.25) is 9.59 Å². The number of nitrogens with one attached hydrogen (secondary N) is 2. The molecular weight excluding hydrogens is 377 g/mol. The van der Waals surface area contributed by atoms with Crippen LogP contribution in [0.2, 0.25) is 5.02 Å². The van der Waals surface area contributed by atoms with Crippen LogP contribution < -0.4 is 10.6 Å². The summed E-state index contributed by atoms with van der Waals surface area (Å²) in [7, 11) is 0. The van der Waals surface area contributed by atoms with Gasteiger partial charge in [0.2, 0.25) is 11.8 Å². The molecule has 136 valence electrons. The molecule has 1 heterocycles. The third-order valence-electron chi connectivity index (χ3n) is 4.76. The first-order valence-electron chi connectivity index (χ1n) is 7.68. The molecular formula is C16H16ClF3N2O2S. The maximum absolute atomic E-state index is 13.2. The first-order chi connectivity index (χ1) is 11.7. The smallest absolute Gasteiger partial charge is 0.342 e. The van der Waals surface area contributed by atoms with Crippen molar-refractivity contribution in [3.05, 3.63) is 28.8 Å². The van der Waals surface area contributed by atoms with Gasteiger partial charge in [0.05, 0.1) is 5.41 Å². The van der Waals surface area contributed by atoms with Crippen molar-refractivity contribution >= 4 is 35.2 Å². The summed E-state index contributed by atoms with van der Waals surface area (Å²) in [6.07, 6.45) is -2.82. The maximum Gasteiger partial charge on any atom is 0.396 e. The highest BCUT2D eigenvalue weighted by atomic mass is 35.5. The molecule has 0 bridgehead atoms. The number of amides is 2. The number of carbonyl (C=O) groups excluding carboxylic acids is 2. The number of alkyl halides is 3. The van der Waals surface area contributed by atoms with Crippen LogP contribution in [0.5, 0.6) is 0 Å². The second-order valence-electron chi connectivity index (χ2n) is 6.32. The molecule has 0 aromatic heterocycles. The second-order valence-corrected chi connectivity index (χ2v) is 7.60. The standard InChI is InChI=1S/C16H16ClF3N2O2S/c1-25-9-2-3-10(17)8(6-9)7-11-13(23)22-12(14(24)21-11)15(4-5-15)16(18,19)20/h2-3,6,11-12H,4-5,7H2,1H3,(H,21,24)(H,22,23). The van der Waals surface area contributed by atoms with Crippen LogP contribution in [0.1, 0.15) is 18.4 Å². The predicted molar refractivity (Wildman–Crippen MR) is 88.5 cm³/mol. The van der Waals surface area contributed by atoms with E-state index in [0.717, 1.165) is 4.90 Å². The Kier molecular flexibility index (Phi) is 4.70. The van der Waals surface area contributed by atoms with Gasteiger partial charge in [0.15, 0.2) is 0 Å². The molecule has 0 radical (unpaired) electrons. The topological polar surface area (TPSA) is 58.2 Å². The van der Waals surface area contributed by atoms with Crippen molar-refractivity contribution in [3.8, 4) is 0 Å². The summed E-state index contributed by atoms with van der Waals surface area (Å²) in [5.74, 6) is -1.41. The summed E-state index contributed by atoms with van der Waals surface area (Å²) >= 11 is 7.62. The SMILES string of the molecule is CSc1ccc(Cl)c(CC2NC(=O)C(C3(C(F)(F)F)CC3)NC2=O)c1. The molecule has 0 spiro atoms. The lowest BCUT2D eigenvalue weighted by Gasteiger charge is -2.35. The van der Waals surface area contributed by atoms with E-state index in [-0.39, 0.29) is 19.3 Å². The lowest BCUT2D eigenvalue weighted by atomic mass is 9.91. The highest BCUT2D eigenvalue weighted by Crippen LogP contribution is 2.60. The van der Waals surface area contributed by atoms with Crippen molar-refractivity contribution in [2.24, 2.45) is 5.41 Å². The molecule has 2 unspecified atom stereocenters. The Labute approximate surface area is 151 Å². The van der Waals surface area contributed by atoms with E-state index < -0.39 is 35.5 Å². The highest BCUT2D eigenvalue weighted by Gasteiger charge is 2.70. The van der Waals surface area contributed by atoms with Crippen LogP contribution in [-0.4, -0.2) is 36.3 Å². The monoisotopic (exact) mass is 392 g/mol. The number of halogens is 4. The summed E-state index contributed by atoms with van der Waals surface area (Å²) in [6.45, 7) is 0. The molecule has 25 heavy (non-hydrogen) atoms. The summed E-state index contributed by atoms with van der Waals surface area (Å²) in [4.78, 5) is 25.4. The van der Waals surface area contributed by atoms with Crippen LogP contribution in [0, 0.1) is 5.41 Å². The number of thioether (sulfide) groups is 1. The Morgan fingerprint density at radius 3 is 2.48 bits per heavy atom. The zero-order valence-corrected chi connectivity index (χ0v) is 14.8. The van der Waals surface area contributed by atoms with Gasteiger partial charge in [0.1, 0.15) is 12.1 Å². The molecule has 1 saturated heterocycles. The number of hydrogen-bond donors (Lipinski definition) is 2. The lowest BCUT2D eigenvalue weighted by Crippen LogP contribution is -2.66. The Bertz CT molecular complexity index is 722. The van der Waals surface area contributed by atoms with Crippen LogP contribution in [0.15, 0.2) is 23.1 Å². The molecule has 4 nitrogen and oxygen atoms in total. The largest absolute Gasteiger partial charge is 0.396 e. The predicted octanol–water partition coefficient (Wildman–Crippen LogP) is 2.93. The van der Waals surface area contributed by atoms with E-state index in [1.54, 1.807) is 12.1 Å². The highest BCUT2D eigenvalue weighted by molar-refractivity contribution is 7.98. The van der Waals surface area contributed by atoms with E-state index in [2.05, 4.69) is 10.6 Å². The molecule has 1 aliphatic heterocycles. The Morgan fingerprint density at radius 1 is 1.24 bits per heavy atom. The molecule has 1 saturated carbocycles. The van der Waals surface area contributed by atoms with Gasteiger partial charge in [-0.15, -0.1) is 11.8 Å². The third-order valence-corrected chi connectivity index (χ3v) is 5.86. The molecule has 2 N–H and O–H groups in total. The summed E-state index contributed by atoms with van der Waals surface area (Å²) in [5.41, 5.74) is -1.47. The minimum Gasteiger partial charge on any atom is -0.342 e. The van der Waals surface area contributed by atoms with Gasteiger partial charge in [-0.05, 0) is 42.9 Å². The van der Waals surface area contributed by atoms with Gasteiger partial charge in [-0.25, -0.2) is 0 Å². The Balaban J connectivity index is 1.76. The van der Waals surface area contributed by atoms with Crippen LogP contribution in [0.25, 0.3) is 0 Å². The van der Waals surface area contributed by atoms with Crippen molar-refractivity contribution in [1.82, 2.24) is 10.6 Å². The fourth-order valence-corrected chi connectivity index (χ4v) is 3.75. The Morgan fingerprint density at radius 2 is 1.92 bits per heavy atom. The molecule has 2 atom stereocenters. The van der Waals surface area contributed by atoms with Crippen LogP contribution in [0.4, 0.5) is 13.2 Å². The van der Waals surface area contributed by atoms with Crippen molar-refractivity contribution in [1.29, 1.82) is 0 Å². The van der Waals surface area contributed by atoms with E-state index in [4.69, 9.17) is 11.6 Å². The van der Waals surface area contributed by atoms with Crippen LogP contribution >= 0.6 is 23.4 Å². The van der Waals surface area contributed by atoms with Crippen LogP contribution in [0.3, 0.4) is 0 Å². The normalized spacial score (nSPS) is 25.3. The van der Waals surface area contributed by atoms with Crippen molar-refractivity contribution in [3.63, 3.8) is 0 Å². The van der Waals surface area contributed by atoms with E-state index in [1.165, 1.54) is 11.8 Å². The summed E-state index contributed by atoms with van der Waals surface area (Å²) in [6, 6.07) is 2.81. The van der Waals surface area contributed by atoms with E-state index in [1.807, 2.05) is 12.3 Å². The molecule has 1 aromatic rings. The maximum atomic E-state index is 13.2. The number of hydrogen-bond acceptors (Lipinski definition) is 3. The van der Waals surface area contributed by atoms with Crippen molar-refractivity contribution in [2.75, 3.05) is 6.26 Å². The number of piperazine rings is 1. The zero-order valence-electron chi connectivity index (χ0n) is 13.2. The molecule has 9 heteroatoms. The van der Waals surface area contributed by atoms with Gasteiger partial charge in [0, 0.05) is 16.3 Å². The quantitative estimate of drug-likeness (QED) is 0.775. The molecule has 1 aromatic carbocycles. The Hall–Kier alpha value is -1.41. The fraction of sp³-hybridized carbons (Fsp3) is 0.500.